The van der Waals surface area contributed by atoms with Crippen molar-refractivity contribution in [1.82, 2.24) is 4.57 Å². The predicted molar refractivity (Wildman–Crippen MR) is 78.8 cm³/mol. The molecule has 1 aromatic heterocycles. The highest BCUT2D eigenvalue weighted by atomic mass is 16.2. The Balaban J connectivity index is 2.22. The number of aromatic nitrogens is 1. The standard InChI is InChI=1S/C15H17N3O2/c1-10-6-7-12(16-11(2)19)9-13(10)17-15(20)14-5-4-8-18(14)3/h4-9H,1-3H3,(H,16,19)(H,17,20). The molecule has 20 heavy (non-hydrogen) atoms. The van der Waals surface area contributed by atoms with Crippen molar-refractivity contribution < 1.29 is 9.59 Å². The Labute approximate surface area is 117 Å². The average Bonchev–Trinajstić information content (AvgIpc) is 2.79. The van der Waals surface area contributed by atoms with E-state index in [1.165, 1.54) is 6.92 Å². The van der Waals surface area contributed by atoms with Crippen LogP contribution in [-0.2, 0) is 11.8 Å². The Morgan fingerprint density at radius 2 is 1.90 bits per heavy atom. The Morgan fingerprint density at radius 1 is 1.15 bits per heavy atom. The third-order valence-electron chi connectivity index (χ3n) is 2.98. The van der Waals surface area contributed by atoms with Crippen LogP contribution in [0.5, 0.6) is 0 Å². The monoisotopic (exact) mass is 271 g/mol. The highest BCUT2D eigenvalue weighted by Crippen LogP contribution is 2.21. The summed E-state index contributed by atoms with van der Waals surface area (Å²) in [5, 5.41) is 5.55. The van der Waals surface area contributed by atoms with Gasteiger partial charge in [0.2, 0.25) is 5.91 Å². The van der Waals surface area contributed by atoms with Crippen molar-refractivity contribution in [3.8, 4) is 0 Å². The van der Waals surface area contributed by atoms with Gasteiger partial charge in [0.25, 0.3) is 5.91 Å². The van der Waals surface area contributed by atoms with E-state index in [0.717, 1.165) is 5.56 Å². The first-order chi connectivity index (χ1) is 9.47. The van der Waals surface area contributed by atoms with Crippen LogP contribution in [0.2, 0.25) is 0 Å². The summed E-state index contributed by atoms with van der Waals surface area (Å²) in [5.74, 6) is -0.325. The van der Waals surface area contributed by atoms with Gasteiger partial charge < -0.3 is 15.2 Å². The van der Waals surface area contributed by atoms with Gasteiger partial charge in [-0.05, 0) is 36.8 Å². The second kappa shape index (κ2) is 5.61. The third kappa shape index (κ3) is 3.06. The summed E-state index contributed by atoms with van der Waals surface area (Å²) in [6.07, 6.45) is 1.81. The molecule has 0 aliphatic carbocycles. The highest BCUT2D eigenvalue weighted by molar-refractivity contribution is 6.04. The second-order valence-electron chi connectivity index (χ2n) is 4.67. The summed E-state index contributed by atoms with van der Waals surface area (Å²) >= 11 is 0. The van der Waals surface area contributed by atoms with Gasteiger partial charge in [0.05, 0.1) is 0 Å². The van der Waals surface area contributed by atoms with Crippen molar-refractivity contribution in [3.63, 3.8) is 0 Å². The van der Waals surface area contributed by atoms with Crippen molar-refractivity contribution in [1.29, 1.82) is 0 Å². The fourth-order valence-corrected chi connectivity index (χ4v) is 1.92. The van der Waals surface area contributed by atoms with E-state index in [9.17, 15) is 9.59 Å². The molecule has 0 spiro atoms. The maximum absolute atomic E-state index is 12.2. The van der Waals surface area contributed by atoms with Gasteiger partial charge in [0, 0.05) is 31.5 Å². The quantitative estimate of drug-likeness (QED) is 0.901. The van der Waals surface area contributed by atoms with E-state index >= 15 is 0 Å². The molecular formula is C15H17N3O2. The molecule has 0 saturated heterocycles. The van der Waals surface area contributed by atoms with E-state index in [-0.39, 0.29) is 11.8 Å². The van der Waals surface area contributed by atoms with Crippen LogP contribution in [0, 0.1) is 6.92 Å². The lowest BCUT2D eigenvalue weighted by atomic mass is 10.1. The average molecular weight is 271 g/mol. The smallest absolute Gasteiger partial charge is 0.272 e. The lowest BCUT2D eigenvalue weighted by Gasteiger charge is -2.11. The van der Waals surface area contributed by atoms with Gasteiger partial charge in [-0.15, -0.1) is 0 Å². The Morgan fingerprint density at radius 3 is 2.50 bits per heavy atom. The van der Waals surface area contributed by atoms with Crippen LogP contribution in [-0.4, -0.2) is 16.4 Å². The number of carbonyl (C=O) groups excluding carboxylic acids is 2. The minimum atomic E-state index is -0.180. The topological polar surface area (TPSA) is 63.1 Å². The summed E-state index contributed by atoms with van der Waals surface area (Å²) in [6, 6.07) is 8.97. The molecule has 1 heterocycles. The van der Waals surface area contributed by atoms with Crippen LogP contribution in [0.25, 0.3) is 0 Å². The number of carbonyl (C=O) groups is 2. The maximum atomic E-state index is 12.2. The fraction of sp³-hybridized carbons (Fsp3) is 0.200. The molecule has 0 saturated carbocycles. The molecule has 2 aromatic rings. The molecule has 0 aliphatic heterocycles. The second-order valence-corrected chi connectivity index (χ2v) is 4.67. The van der Waals surface area contributed by atoms with E-state index in [0.29, 0.717) is 17.1 Å². The Hall–Kier alpha value is -2.56. The SMILES string of the molecule is CC(=O)Nc1ccc(C)c(NC(=O)c2cccn2C)c1. The number of nitrogens with one attached hydrogen (secondary N) is 2. The number of hydrogen-bond donors (Lipinski definition) is 2. The lowest BCUT2D eigenvalue weighted by Crippen LogP contribution is -2.16. The maximum Gasteiger partial charge on any atom is 0.272 e. The first-order valence-corrected chi connectivity index (χ1v) is 6.28. The van der Waals surface area contributed by atoms with Gasteiger partial charge in [0.15, 0.2) is 0 Å². The van der Waals surface area contributed by atoms with Crippen LogP contribution >= 0.6 is 0 Å². The summed E-state index contributed by atoms with van der Waals surface area (Å²) in [4.78, 5) is 23.2. The minimum Gasteiger partial charge on any atom is -0.347 e. The molecule has 0 unspecified atom stereocenters. The fourth-order valence-electron chi connectivity index (χ4n) is 1.92. The first kappa shape index (κ1) is 13.9. The van der Waals surface area contributed by atoms with Gasteiger partial charge in [-0.25, -0.2) is 0 Å². The summed E-state index contributed by atoms with van der Waals surface area (Å²) < 4.78 is 1.75. The van der Waals surface area contributed by atoms with E-state index in [2.05, 4.69) is 10.6 Å². The largest absolute Gasteiger partial charge is 0.347 e. The van der Waals surface area contributed by atoms with Crippen LogP contribution in [0.1, 0.15) is 23.0 Å². The number of aryl methyl sites for hydroxylation is 2. The molecule has 0 bridgehead atoms. The molecule has 5 heteroatoms. The first-order valence-electron chi connectivity index (χ1n) is 6.28. The predicted octanol–water partition coefficient (Wildman–Crippen LogP) is 2.54. The normalized spacial score (nSPS) is 10.2. The molecule has 2 amide bonds. The van der Waals surface area contributed by atoms with Crippen LogP contribution in [0.15, 0.2) is 36.5 Å². The van der Waals surface area contributed by atoms with Crippen molar-refractivity contribution in [2.45, 2.75) is 13.8 Å². The van der Waals surface area contributed by atoms with Gasteiger partial charge in [-0.1, -0.05) is 6.07 Å². The number of rotatable bonds is 3. The van der Waals surface area contributed by atoms with Gasteiger partial charge in [-0.3, -0.25) is 9.59 Å². The molecule has 1 aromatic carbocycles. The molecule has 0 aliphatic rings. The molecule has 0 radical (unpaired) electrons. The summed E-state index contributed by atoms with van der Waals surface area (Å²) in [5.41, 5.74) is 2.85. The van der Waals surface area contributed by atoms with E-state index in [1.54, 1.807) is 22.8 Å². The molecule has 2 N–H and O–H groups in total. The number of nitrogens with zero attached hydrogens (tertiary/aromatic N) is 1. The number of amides is 2. The van der Waals surface area contributed by atoms with Crippen LogP contribution < -0.4 is 10.6 Å². The highest BCUT2D eigenvalue weighted by Gasteiger charge is 2.11. The molecule has 5 nitrogen and oxygen atoms in total. The zero-order valence-corrected chi connectivity index (χ0v) is 11.7. The van der Waals surface area contributed by atoms with Gasteiger partial charge in [0.1, 0.15) is 5.69 Å². The third-order valence-corrected chi connectivity index (χ3v) is 2.98. The lowest BCUT2D eigenvalue weighted by molar-refractivity contribution is -0.114. The molecule has 0 fully saturated rings. The molecule has 0 atom stereocenters. The summed E-state index contributed by atoms with van der Waals surface area (Å²) in [6.45, 7) is 3.35. The zero-order chi connectivity index (χ0) is 14.7. The van der Waals surface area contributed by atoms with Crippen molar-refractivity contribution >= 4 is 23.2 Å². The zero-order valence-electron chi connectivity index (χ0n) is 11.7. The Bertz CT molecular complexity index is 659. The van der Waals surface area contributed by atoms with Crippen molar-refractivity contribution in [3.05, 3.63) is 47.8 Å². The molecule has 2 rings (SSSR count). The van der Waals surface area contributed by atoms with Crippen LogP contribution in [0.3, 0.4) is 0 Å². The van der Waals surface area contributed by atoms with Crippen LogP contribution in [0.4, 0.5) is 11.4 Å². The van der Waals surface area contributed by atoms with Gasteiger partial charge >= 0.3 is 0 Å². The van der Waals surface area contributed by atoms with Crippen molar-refractivity contribution in [2.75, 3.05) is 10.6 Å². The number of hydrogen-bond acceptors (Lipinski definition) is 2. The van der Waals surface area contributed by atoms with E-state index in [4.69, 9.17) is 0 Å². The number of anilines is 2. The molecule has 104 valence electrons. The minimum absolute atomic E-state index is 0.145. The summed E-state index contributed by atoms with van der Waals surface area (Å²) in [7, 11) is 1.81. The van der Waals surface area contributed by atoms with Gasteiger partial charge in [-0.2, -0.15) is 0 Å². The molecular weight excluding hydrogens is 254 g/mol. The van der Waals surface area contributed by atoms with Crippen molar-refractivity contribution in [2.24, 2.45) is 7.05 Å². The Kier molecular flexibility index (Phi) is 3.89. The number of benzene rings is 1. The van der Waals surface area contributed by atoms with E-state index in [1.807, 2.05) is 32.3 Å². The van der Waals surface area contributed by atoms with E-state index < -0.39 is 0 Å².